The lowest BCUT2D eigenvalue weighted by molar-refractivity contribution is -0.141. The van der Waals surface area contributed by atoms with E-state index in [2.05, 4.69) is 26.0 Å². The molecule has 0 aromatic rings. The summed E-state index contributed by atoms with van der Waals surface area (Å²) >= 11 is 0. The molecule has 3 unspecified atom stereocenters. The molecule has 32 heavy (non-hydrogen) atoms. The Morgan fingerprint density at radius 2 is 1.19 bits per heavy atom. The van der Waals surface area contributed by atoms with Gasteiger partial charge in [-0.25, -0.2) is 0 Å². The van der Waals surface area contributed by atoms with Crippen molar-refractivity contribution in [1.82, 2.24) is 31.1 Å². The number of likely N-dealkylation sites (N-methyl/N-ethyl adjacent to an activating group) is 5. The Labute approximate surface area is 190 Å². The van der Waals surface area contributed by atoms with Gasteiger partial charge in [-0.2, -0.15) is 0 Å². The van der Waals surface area contributed by atoms with Crippen LogP contribution in [-0.2, 0) is 28.7 Å². The number of hydrogen-bond donors (Lipinski definition) is 4. The Balaban J connectivity index is 0. The fourth-order valence-electron chi connectivity index (χ4n) is 2.28. The van der Waals surface area contributed by atoms with Crippen molar-refractivity contribution in [3.05, 3.63) is 0 Å². The lowest BCUT2D eigenvalue weighted by atomic mass is 10.2. The van der Waals surface area contributed by atoms with Gasteiger partial charge >= 0.3 is 5.97 Å². The molecule has 0 aliphatic carbocycles. The van der Waals surface area contributed by atoms with Crippen LogP contribution in [0.5, 0.6) is 0 Å². The van der Waals surface area contributed by atoms with Gasteiger partial charge in [0, 0.05) is 27.2 Å². The summed E-state index contributed by atoms with van der Waals surface area (Å²) in [4.78, 5) is 59.5. The van der Waals surface area contributed by atoms with E-state index in [0.29, 0.717) is 0 Å². The van der Waals surface area contributed by atoms with Gasteiger partial charge in [0.05, 0.1) is 38.7 Å². The Morgan fingerprint density at radius 3 is 1.53 bits per heavy atom. The third kappa shape index (κ3) is 13.5. The maximum atomic E-state index is 11.7. The highest BCUT2D eigenvalue weighted by molar-refractivity contribution is 5.87. The molecule has 0 aromatic carbocycles. The van der Waals surface area contributed by atoms with Crippen LogP contribution >= 0.6 is 0 Å². The monoisotopic (exact) mass is 460 g/mol. The predicted octanol–water partition coefficient (Wildman–Crippen LogP) is -2.08. The van der Waals surface area contributed by atoms with Gasteiger partial charge in [0.1, 0.15) is 0 Å². The maximum absolute atomic E-state index is 11.7. The number of carbonyl (C=O) groups excluding carboxylic acids is 5. The van der Waals surface area contributed by atoms with Gasteiger partial charge in [-0.05, 0) is 34.9 Å². The van der Waals surface area contributed by atoms with E-state index in [1.807, 2.05) is 0 Å². The number of esters is 1. The van der Waals surface area contributed by atoms with Crippen LogP contribution in [0, 0.1) is 0 Å². The fraction of sp³-hybridized carbons (Fsp3) is 0.750. The number of carbonyl (C=O) groups is 5. The second-order valence-electron chi connectivity index (χ2n) is 7.33. The number of nitrogens with zero attached hydrogens (tertiary/aromatic N) is 2. The highest BCUT2D eigenvalue weighted by Gasteiger charge is 2.19. The minimum absolute atomic E-state index is 0.0453. The molecule has 3 atom stereocenters. The van der Waals surface area contributed by atoms with E-state index in [-0.39, 0.29) is 67.2 Å². The van der Waals surface area contributed by atoms with Crippen LogP contribution in [0.15, 0.2) is 0 Å². The van der Waals surface area contributed by atoms with Crippen molar-refractivity contribution in [2.24, 2.45) is 0 Å². The zero-order chi connectivity index (χ0) is 25.4. The van der Waals surface area contributed by atoms with Crippen molar-refractivity contribution in [1.29, 1.82) is 0 Å². The van der Waals surface area contributed by atoms with Crippen molar-refractivity contribution in [3.8, 4) is 0 Å². The molecule has 0 bridgehead atoms. The highest BCUT2D eigenvalue weighted by atomic mass is 16.5. The number of hydrogen-bond acceptors (Lipinski definition) is 8. The van der Waals surface area contributed by atoms with Gasteiger partial charge in [-0.3, -0.25) is 24.0 Å². The molecule has 4 amide bonds. The summed E-state index contributed by atoms with van der Waals surface area (Å²) in [7, 11) is 9.38. The second kappa shape index (κ2) is 16.9. The van der Waals surface area contributed by atoms with Crippen LogP contribution in [0.2, 0.25) is 0 Å². The Hall–Kier alpha value is -2.73. The molecule has 0 saturated carbocycles. The molecule has 0 radical (unpaired) electrons. The zero-order valence-corrected chi connectivity index (χ0v) is 20.7. The number of ether oxygens (including phenoxy) is 1. The van der Waals surface area contributed by atoms with E-state index in [1.165, 1.54) is 16.9 Å². The van der Waals surface area contributed by atoms with E-state index in [1.54, 1.807) is 56.0 Å². The van der Waals surface area contributed by atoms with E-state index in [4.69, 9.17) is 0 Å². The molecular formula is C20H40N6O6. The van der Waals surface area contributed by atoms with Crippen LogP contribution in [0.25, 0.3) is 0 Å². The maximum Gasteiger partial charge on any atom is 0.307 e. The lowest BCUT2D eigenvalue weighted by Crippen LogP contribution is -2.47. The summed E-state index contributed by atoms with van der Waals surface area (Å²) < 4.78 is 4.50. The summed E-state index contributed by atoms with van der Waals surface area (Å²) in [6.07, 6.45) is 0.104. The summed E-state index contributed by atoms with van der Waals surface area (Å²) in [6.45, 7) is 5.23. The molecule has 0 saturated heterocycles. The van der Waals surface area contributed by atoms with Crippen LogP contribution in [-0.4, -0.2) is 113 Å². The largest absolute Gasteiger partial charge is 0.469 e. The summed E-state index contributed by atoms with van der Waals surface area (Å²) in [5.74, 6) is -1.12. The first-order valence-electron chi connectivity index (χ1n) is 10.3. The molecule has 0 aromatic heterocycles. The molecule has 0 rings (SSSR count). The third-order valence-corrected chi connectivity index (χ3v) is 4.51. The van der Waals surface area contributed by atoms with Gasteiger partial charge in [-0.1, -0.05) is 0 Å². The molecule has 0 aliphatic rings. The van der Waals surface area contributed by atoms with Crippen molar-refractivity contribution >= 4 is 29.6 Å². The van der Waals surface area contributed by atoms with Gasteiger partial charge in [0.2, 0.25) is 23.6 Å². The van der Waals surface area contributed by atoms with Gasteiger partial charge in [0.15, 0.2) is 0 Å². The van der Waals surface area contributed by atoms with Gasteiger partial charge in [0.25, 0.3) is 0 Å². The first-order chi connectivity index (χ1) is 14.8. The van der Waals surface area contributed by atoms with Crippen LogP contribution < -0.4 is 21.3 Å². The average molecular weight is 461 g/mol. The lowest BCUT2D eigenvalue weighted by Gasteiger charge is -2.21. The van der Waals surface area contributed by atoms with Crippen molar-refractivity contribution in [2.75, 3.05) is 55.4 Å². The zero-order valence-electron chi connectivity index (χ0n) is 20.7. The van der Waals surface area contributed by atoms with Gasteiger partial charge < -0.3 is 35.8 Å². The number of amides is 4. The normalized spacial score (nSPS) is 12.8. The van der Waals surface area contributed by atoms with Crippen molar-refractivity contribution in [3.63, 3.8) is 0 Å². The van der Waals surface area contributed by atoms with Crippen molar-refractivity contribution in [2.45, 2.75) is 45.3 Å². The number of nitrogens with one attached hydrogen (secondary N) is 4. The molecule has 0 fully saturated rings. The number of methoxy groups -OCH3 is 1. The molecule has 0 heterocycles. The first kappa shape index (κ1) is 31.5. The van der Waals surface area contributed by atoms with Crippen LogP contribution in [0.1, 0.15) is 27.2 Å². The summed E-state index contributed by atoms with van der Waals surface area (Å²) in [5.41, 5.74) is 0. The van der Waals surface area contributed by atoms with Crippen LogP contribution in [0.3, 0.4) is 0 Å². The summed E-state index contributed by atoms with van der Waals surface area (Å²) in [6, 6.07) is -0.926. The Bertz CT molecular complexity index is 630. The smallest absolute Gasteiger partial charge is 0.307 e. The van der Waals surface area contributed by atoms with E-state index < -0.39 is 0 Å². The molecule has 4 N–H and O–H groups in total. The second-order valence-corrected chi connectivity index (χ2v) is 7.33. The van der Waals surface area contributed by atoms with Gasteiger partial charge in [-0.15, -0.1) is 0 Å². The quantitative estimate of drug-likeness (QED) is 0.257. The van der Waals surface area contributed by atoms with E-state index >= 15 is 0 Å². The standard InChI is InChI=1S/C12H23N3O4.C8H17N3O2/c1-8(6-11(17)19-5)14-10(16)7-15(4)12(18)9(2)13-3;1-6(9-2)8(13)11(4)5-7(12)10-3/h8-9,13H,6-7H2,1-5H3,(H,14,16);6,9H,5H2,1-4H3,(H,10,12). The molecule has 186 valence electrons. The molecular weight excluding hydrogens is 420 g/mol. The van der Waals surface area contributed by atoms with Crippen LogP contribution in [0.4, 0.5) is 0 Å². The Morgan fingerprint density at radius 1 is 0.781 bits per heavy atom. The minimum Gasteiger partial charge on any atom is -0.469 e. The fourth-order valence-corrected chi connectivity index (χ4v) is 2.28. The number of rotatable bonds is 11. The first-order valence-corrected chi connectivity index (χ1v) is 10.3. The summed E-state index contributed by atoms with van der Waals surface area (Å²) in [5, 5.41) is 10.7. The molecule has 12 nitrogen and oxygen atoms in total. The van der Waals surface area contributed by atoms with E-state index in [9.17, 15) is 24.0 Å². The van der Waals surface area contributed by atoms with E-state index in [0.717, 1.165) is 0 Å². The molecule has 0 aliphatic heterocycles. The molecule has 12 heteroatoms. The topological polar surface area (TPSA) is 149 Å². The average Bonchev–Trinajstić information content (AvgIpc) is 2.76. The Kier molecular flexibility index (Phi) is 16.6. The highest BCUT2D eigenvalue weighted by Crippen LogP contribution is 1.95. The third-order valence-electron chi connectivity index (χ3n) is 4.51. The van der Waals surface area contributed by atoms with Crippen molar-refractivity contribution < 1.29 is 28.7 Å². The predicted molar refractivity (Wildman–Crippen MR) is 121 cm³/mol. The minimum atomic E-state index is -0.388. The SMILES string of the molecule is CNC(=O)CN(C)C(=O)C(C)NC.CNC(C)C(=O)N(C)CC(=O)NC(C)CC(=O)OC. The molecule has 0 spiro atoms.